The van der Waals surface area contributed by atoms with Crippen molar-refractivity contribution >= 4 is 48.8 Å². The number of likely N-dealkylation sites (N-methyl/N-ethyl adjacent to an activating group) is 1. The maximum atomic E-state index is 13.5. The quantitative estimate of drug-likeness (QED) is 0.211. The molecule has 3 fully saturated rings. The summed E-state index contributed by atoms with van der Waals surface area (Å²) in [5.74, 6) is -1.67. The highest BCUT2D eigenvalue weighted by Gasteiger charge is 2.44. The van der Waals surface area contributed by atoms with Gasteiger partial charge in [0.05, 0.1) is 39.9 Å². The Bertz CT molecular complexity index is 1250. The van der Waals surface area contributed by atoms with Crippen LogP contribution in [0.1, 0.15) is 89.0 Å². The molecule has 0 radical (unpaired) electrons. The van der Waals surface area contributed by atoms with Crippen molar-refractivity contribution in [3.63, 3.8) is 0 Å². The fraction of sp³-hybridized carbons (Fsp3) is 0.829. The Morgan fingerprint density at radius 3 is 1.34 bits per heavy atom. The van der Waals surface area contributed by atoms with Crippen molar-refractivity contribution in [2.45, 2.75) is 142 Å². The zero-order valence-corrected chi connectivity index (χ0v) is 34.9. The summed E-state index contributed by atoms with van der Waals surface area (Å²) in [6, 6.07) is -2.69. The number of hydrogen-bond donors (Lipinski definition) is 2. The maximum Gasteiger partial charge on any atom is 0.411 e. The van der Waals surface area contributed by atoms with E-state index >= 15 is 0 Å². The first-order valence-corrected chi connectivity index (χ1v) is 17.2. The Morgan fingerprint density at radius 2 is 1.02 bits per heavy atom. The molecule has 0 bridgehead atoms. The average molecular weight is 840 g/mol. The van der Waals surface area contributed by atoms with Crippen molar-refractivity contribution in [2.75, 3.05) is 47.9 Å². The Balaban J connectivity index is -0.000000709. The minimum Gasteiger partial charge on any atom is -0.480 e. The summed E-state index contributed by atoms with van der Waals surface area (Å²) in [5.41, 5.74) is 0.402. The average Bonchev–Trinajstić information content (AvgIpc) is 3.74. The smallest absolute Gasteiger partial charge is 0.411 e. The number of hydroxylamine groups is 3. The van der Waals surface area contributed by atoms with Gasteiger partial charge in [0.2, 0.25) is 0 Å². The summed E-state index contributed by atoms with van der Waals surface area (Å²) in [6.45, 7) is 14.9. The molecule has 3 rings (SSSR count). The van der Waals surface area contributed by atoms with E-state index in [0.717, 1.165) is 19.8 Å². The SMILES string of the molecule is C.CC(C)(C)OC(=O)N1C[C@H](F)C[C@H]1C(=O)O.CC(C)(C)OC(=O)N1C[C@H](F)C[C@H]1C=O.CNOC.CON(C)C(=O)[C@@H]1C[C@@H](F)CN1C(=O)OC(C)(C)C.Cl. The summed E-state index contributed by atoms with van der Waals surface area (Å²) in [4.78, 5) is 80.8. The van der Waals surface area contributed by atoms with Gasteiger partial charge in [0.1, 0.15) is 53.7 Å². The van der Waals surface area contributed by atoms with E-state index in [1.165, 1.54) is 14.2 Å². The first kappa shape index (κ1) is 56.7. The number of carbonyl (C=O) groups excluding carboxylic acids is 5. The number of carboxylic acids is 1. The molecule has 4 amide bonds. The molecule has 17 nitrogen and oxygen atoms in total. The number of aldehydes is 1. The van der Waals surface area contributed by atoms with Crippen molar-refractivity contribution < 1.29 is 70.9 Å². The van der Waals surface area contributed by atoms with E-state index in [9.17, 15) is 41.9 Å². The monoisotopic (exact) mass is 839 g/mol. The summed E-state index contributed by atoms with van der Waals surface area (Å²) >= 11 is 0. The van der Waals surface area contributed by atoms with Crippen molar-refractivity contribution in [1.29, 1.82) is 0 Å². The number of likely N-dealkylation sites (tertiary alicyclic amines) is 3. The third-order valence-electron chi connectivity index (χ3n) is 7.19. The van der Waals surface area contributed by atoms with Gasteiger partial charge in [0.15, 0.2) is 0 Å². The molecule has 330 valence electrons. The molecule has 6 atom stereocenters. The van der Waals surface area contributed by atoms with Crippen LogP contribution in [0.5, 0.6) is 0 Å². The molecule has 3 aliphatic rings. The molecular formula is C35H65ClF3N5O12. The van der Waals surface area contributed by atoms with Crippen LogP contribution in [-0.2, 0) is 38.3 Å². The van der Waals surface area contributed by atoms with Crippen LogP contribution in [0.2, 0.25) is 0 Å². The highest BCUT2D eigenvalue weighted by molar-refractivity contribution is 5.86. The van der Waals surface area contributed by atoms with Crippen LogP contribution in [0.3, 0.4) is 0 Å². The van der Waals surface area contributed by atoms with Crippen molar-refractivity contribution in [3.8, 4) is 0 Å². The molecule has 0 aliphatic carbocycles. The van der Waals surface area contributed by atoms with Gasteiger partial charge in [-0.25, -0.2) is 42.9 Å². The molecule has 0 aromatic heterocycles. The second-order valence-corrected chi connectivity index (χ2v) is 15.4. The minimum absolute atomic E-state index is 0. The molecule has 0 saturated carbocycles. The number of aliphatic carboxylic acids is 1. The van der Waals surface area contributed by atoms with Gasteiger partial charge in [0, 0.05) is 33.4 Å². The number of carboxylic acid groups (broad SMARTS) is 1. The normalized spacial score (nSPS) is 22.9. The van der Waals surface area contributed by atoms with E-state index in [1.54, 1.807) is 76.5 Å². The Kier molecular flexibility index (Phi) is 25.2. The number of alkyl halides is 3. The largest absolute Gasteiger partial charge is 0.480 e. The van der Waals surface area contributed by atoms with Gasteiger partial charge in [-0.1, -0.05) is 7.43 Å². The zero-order chi connectivity index (χ0) is 42.4. The van der Waals surface area contributed by atoms with Crippen LogP contribution in [0.4, 0.5) is 27.6 Å². The van der Waals surface area contributed by atoms with Gasteiger partial charge in [-0.05, 0) is 62.3 Å². The molecular weight excluding hydrogens is 775 g/mol. The van der Waals surface area contributed by atoms with Crippen molar-refractivity contribution in [2.24, 2.45) is 0 Å². The number of nitrogens with one attached hydrogen (secondary N) is 1. The number of hydrogen-bond acceptors (Lipinski definition) is 12. The van der Waals surface area contributed by atoms with E-state index in [-0.39, 0.29) is 58.7 Å². The fourth-order valence-corrected chi connectivity index (χ4v) is 4.85. The van der Waals surface area contributed by atoms with Gasteiger partial charge < -0.3 is 28.9 Å². The summed E-state index contributed by atoms with van der Waals surface area (Å²) < 4.78 is 54.8. The topological polar surface area (TPSA) is 194 Å². The van der Waals surface area contributed by atoms with Crippen LogP contribution in [-0.4, -0.2) is 163 Å². The molecule has 2 N–H and O–H groups in total. The van der Waals surface area contributed by atoms with Crippen molar-refractivity contribution in [3.05, 3.63) is 0 Å². The lowest BCUT2D eigenvalue weighted by Gasteiger charge is -2.29. The van der Waals surface area contributed by atoms with Crippen LogP contribution in [0, 0.1) is 0 Å². The second kappa shape index (κ2) is 24.9. The molecule has 0 spiro atoms. The molecule has 21 heteroatoms. The predicted molar refractivity (Wildman–Crippen MR) is 202 cm³/mol. The summed E-state index contributed by atoms with van der Waals surface area (Å²) in [5, 5.41) is 9.82. The first-order chi connectivity index (χ1) is 24.6. The Labute approximate surface area is 335 Å². The predicted octanol–water partition coefficient (Wildman–Crippen LogP) is 5.13. The number of rotatable bonds is 5. The van der Waals surface area contributed by atoms with Crippen LogP contribution in [0.15, 0.2) is 0 Å². The summed E-state index contributed by atoms with van der Waals surface area (Å²) in [7, 11) is 6.03. The van der Waals surface area contributed by atoms with Crippen LogP contribution in [0.25, 0.3) is 0 Å². The lowest BCUT2D eigenvalue weighted by molar-refractivity contribution is -0.173. The summed E-state index contributed by atoms with van der Waals surface area (Å²) in [6.07, 6.45) is -5.30. The Morgan fingerprint density at radius 1 is 0.696 bits per heavy atom. The van der Waals surface area contributed by atoms with Gasteiger partial charge in [0.25, 0.3) is 5.91 Å². The van der Waals surface area contributed by atoms with Crippen LogP contribution >= 0.6 is 12.4 Å². The van der Waals surface area contributed by atoms with Gasteiger partial charge >= 0.3 is 24.2 Å². The van der Waals surface area contributed by atoms with E-state index < -0.39 is 83.6 Å². The fourth-order valence-electron chi connectivity index (χ4n) is 4.85. The zero-order valence-electron chi connectivity index (χ0n) is 34.1. The lowest BCUT2D eigenvalue weighted by atomic mass is 10.2. The Hall–Kier alpha value is -3.62. The molecule has 3 saturated heterocycles. The third-order valence-corrected chi connectivity index (χ3v) is 7.19. The number of halogens is 4. The highest BCUT2D eigenvalue weighted by atomic mass is 35.5. The number of nitrogens with zero attached hydrogens (tertiary/aromatic N) is 4. The standard InChI is InChI=1S/C12H21FN2O4.C10H16FNO4.C10H16FNO3.C2H7NO.CH4.ClH/c1-12(2,3)19-11(17)15-7-8(13)6-9(15)10(16)14(4)18-5;1-10(2,3)16-9(15)12-5-6(11)4-7(12)8(13)14;1-10(2,3)15-9(14)12-5-7(11)4-8(12)6-13;1-3-4-2;;/h8-9H,6-7H2,1-5H3;6-7H,4-5H2,1-3H3,(H,13,14);6-8H,4-5H2,1-3H3;3H,1-2H3;1H4;1H/t8-,9+;6-,7+;7-,8+;;;/m111.../s1. The first-order valence-electron chi connectivity index (χ1n) is 17.2. The highest BCUT2D eigenvalue weighted by Crippen LogP contribution is 2.26. The second-order valence-electron chi connectivity index (χ2n) is 15.4. The molecule has 3 aliphatic heterocycles. The lowest BCUT2D eigenvalue weighted by Crippen LogP contribution is -2.47. The van der Waals surface area contributed by atoms with E-state index in [2.05, 4.69) is 10.3 Å². The maximum absolute atomic E-state index is 13.5. The van der Waals surface area contributed by atoms with Crippen molar-refractivity contribution in [1.82, 2.24) is 25.2 Å². The van der Waals surface area contributed by atoms with E-state index in [4.69, 9.17) is 24.2 Å². The van der Waals surface area contributed by atoms with E-state index in [0.29, 0.717) is 6.29 Å². The molecule has 56 heavy (non-hydrogen) atoms. The molecule has 0 aromatic carbocycles. The van der Waals surface area contributed by atoms with Crippen LogP contribution < -0.4 is 5.48 Å². The van der Waals surface area contributed by atoms with Gasteiger partial charge in [-0.15, -0.1) is 12.4 Å². The number of ether oxygens (including phenoxy) is 3. The molecule has 3 heterocycles. The number of carbonyl (C=O) groups is 6. The third kappa shape index (κ3) is 21.1. The molecule has 0 unspecified atom stereocenters. The molecule has 0 aromatic rings. The van der Waals surface area contributed by atoms with Gasteiger partial charge in [-0.3, -0.25) is 24.3 Å². The minimum atomic E-state index is -1.30. The number of amides is 4. The van der Waals surface area contributed by atoms with E-state index in [1.807, 2.05) is 0 Å². The van der Waals surface area contributed by atoms with Gasteiger partial charge in [-0.2, -0.15) is 0 Å².